The van der Waals surface area contributed by atoms with E-state index in [1.165, 1.54) is 12.1 Å². The molecule has 1 aromatic rings. The summed E-state index contributed by atoms with van der Waals surface area (Å²) in [4.78, 5) is 24.0. The van der Waals surface area contributed by atoms with Crippen LogP contribution in [0.2, 0.25) is 10.0 Å². The first-order valence-corrected chi connectivity index (χ1v) is 6.02. The minimum atomic E-state index is -0.490. The van der Waals surface area contributed by atoms with E-state index in [0.29, 0.717) is 18.0 Å². The standard InChI is InChI=1S/C11H10Cl2N2O3/c1-2-18-10-7(12)3-6(4-8(10)13)15-9(16)5-14-11(15)17/h3-4H,2,5H2,1H3,(H,14,17). The number of carbonyl (C=O) groups is 2. The summed E-state index contributed by atoms with van der Waals surface area (Å²) in [7, 11) is 0. The molecule has 0 aliphatic carbocycles. The molecule has 0 spiro atoms. The second kappa shape index (κ2) is 5.04. The van der Waals surface area contributed by atoms with Crippen molar-refractivity contribution in [2.24, 2.45) is 0 Å². The number of imide groups is 1. The van der Waals surface area contributed by atoms with Crippen LogP contribution in [0.15, 0.2) is 12.1 Å². The van der Waals surface area contributed by atoms with E-state index in [1.807, 2.05) is 0 Å². The number of rotatable bonds is 3. The van der Waals surface area contributed by atoms with Crippen molar-refractivity contribution in [2.75, 3.05) is 18.1 Å². The van der Waals surface area contributed by atoms with Crippen LogP contribution in [0, 0.1) is 0 Å². The Kier molecular flexibility index (Phi) is 3.63. The topological polar surface area (TPSA) is 58.6 Å². The fraction of sp³-hybridized carbons (Fsp3) is 0.273. The smallest absolute Gasteiger partial charge is 0.329 e. The Hall–Kier alpha value is -1.46. The van der Waals surface area contributed by atoms with Crippen molar-refractivity contribution < 1.29 is 14.3 Å². The summed E-state index contributed by atoms with van der Waals surface area (Å²) in [5.74, 6) is -0.00655. The third-order valence-corrected chi connectivity index (χ3v) is 2.93. The molecule has 18 heavy (non-hydrogen) atoms. The van der Waals surface area contributed by atoms with Gasteiger partial charge in [-0.25, -0.2) is 9.69 Å². The van der Waals surface area contributed by atoms with Crippen LogP contribution in [-0.2, 0) is 4.79 Å². The molecule has 0 saturated carbocycles. The molecule has 1 aliphatic heterocycles. The van der Waals surface area contributed by atoms with Crippen molar-refractivity contribution in [3.05, 3.63) is 22.2 Å². The zero-order valence-electron chi connectivity index (χ0n) is 9.50. The van der Waals surface area contributed by atoms with E-state index in [-0.39, 0.29) is 22.5 Å². The number of anilines is 1. The second-order valence-corrected chi connectivity index (χ2v) is 4.37. The van der Waals surface area contributed by atoms with E-state index in [4.69, 9.17) is 27.9 Å². The average Bonchev–Trinajstić information content (AvgIpc) is 2.63. The van der Waals surface area contributed by atoms with Crippen LogP contribution >= 0.6 is 23.2 Å². The van der Waals surface area contributed by atoms with Gasteiger partial charge in [0, 0.05) is 0 Å². The number of benzene rings is 1. The van der Waals surface area contributed by atoms with Gasteiger partial charge in [0.05, 0.1) is 28.9 Å². The van der Waals surface area contributed by atoms with Gasteiger partial charge in [0.1, 0.15) is 0 Å². The number of nitrogens with zero attached hydrogens (tertiary/aromatic N) is 1. The zero-order chi connectivity index (χ0) is 13.3. The van der Waals surface area contributed by atoms with E-state index in [0.717, 1.165) is 4.90 Å². The van der Waals surface area contributed by atoms with Crippen LogP contribution in [-0.4, -0.2) is 25.1 Å². The molecule has 96 valence electrons. The highest BCUT2D eigenvalue weighted by atomic mass is 35.5. The summed E-state index contributed by atoms with van der Waals surface area (Å²) in [6.45, 7) is 2.20. The first-order valence-electron chi connectivity index (χ1n) is 5.27. The molecule has 3 amide bonds. The first kappa shape index (κ1) is 13.0. The van der Waals surface area contributed by atoms with E-state index >= 15 is 0 Å². The van der Waals surface area contributed by atoms with Crippen LogP contribution in [0.5, 0.6) is 5.75 Å². The van der Waals surface area contributed by atoms with E-state index in [1.54, 1.807) is 6.92 Å². The fourth-order valence-electron chi connectivity index (χ4n) is 1.64. The molecule has 1 N–H and O–H groups in total. The van der Waals surface area contributed by atoms with Gasteiger partial charge in [0.25, 0.3) is 5.91 Å². The highest BCUT2D eigenvalue weighted by molar-refractivity contribution is 6.38. The van der Waals surface area contributed by atoms with Crippen molar-refractivity contribution in [2.45, 2.75) is 6.92 Å². The van der Waals surface area contributed by atoms with Gasteiger partial charge in [-0.05, 0) is 19.1 Å². The van der Waals surface area contributed by atoms with E-state index in [2.05, 4.69) is 5.32 Å². The Morgan fingerprint density at radius 1 is 1.33 bits per heavy atom. The maximum atomic E-state index is 11.5. The van der Waals surface area contributed by atoms with Crippen LogP contribution in [0.4, 0.5) is 10.5 Å². The summed E-state index contributed by atoms with van der Waals surface area (Å²) < 4.78 is 5.27. The number of hydrogen-bond donors (Lipinski definition) is 1. The number of urea groups is 1. The van der Waals surface area contributed by atoms with Gasteiger partial charge in [-0.15, -0.1) is 0 Å². The Labute approximate surface area is 114 Å². The summed E-state index contributed by atoms with van der Waals surface area (Å²) >= 11 is 12.0. The fourth-order valence-corrected chi connectivity index (χ4v) is 2.23. The second-order valence-electron chi connectivity index (χ2n) is 3.56. The molecule has 7 heteroatoms. The number of ether oxygens (including phenoxy) is 1. The van der Waals surface area contributed by atoms with E-state index < -0.39 is 6.03 Å². The molecule has 1 heterocycles. The number of carbonyl (C=O) groups excluding carboxylic acids is 2. The number of hydrogen-bond acceptors (Lipinski definition) is 3. The maximum Gasteiger partial charge on any atom is 0.329 e. The lowest BCUT2D eigenvalue weighted by Gasteiger charge is -2.15. The first-order chi connectivity index (χ1) is 8.54. The number of nitrogens with one attached hydrogen (secondary N) is 1. The largest absolute Gasteiger partial charge is 0.491 e. The SMILES string of the molecule is CCOc1c(Cl)cc(N2C(=O)CNC2=O)cc1Cl. The Balaban J connectivity index is 2.41. The van der Waals surface area contributed by atoms with Gasteiger partial charge < -0.3 is 10.1 Å². The quantitative estimate of drug-likeness (QED) is 0.869. The third kappa shape index (κ3) is 2.23. The Morgan fingerprint density at radius 3 is 2.39 bits per heavy atom. The van der Waals surface area contributed by atoms with E-state index in [9.17, 15) is 9.59 Å². The van der Waals surface area contributed by atoms with Crippen molar-refractivity contribution in [3.8, 4) is 5.75 Å². The van der Waals surface area contributed by atoms with Gasteiger partial charge in [-0.3, -0.25) is 4.79 Å². The van der Waals surface area contributed by atoms with Crippen LogP contribution in [0.25, 0.3) is 0 Å². The molecular formula is C11H10Cl2N2O3. The van der Waals surface area contributed by atoms with Gasteiger partial charge in [-0.1, -0.05) is 23.2 Å². The lowest BCUT2D eigenvalue weighted by molar-refractivity contribution is -0.115. The Morgan fingerprint density at radius 2 is 1.94 bits per heavy atom. The molecule has 0 aromatic heterocycles. The zero-order valence-corrected chi connectivity index (χ0v) is 11.0. The molecule has 1 fully saturated rings. The molecule has 0 atom stereocenters. The summed E-state index contributed by atoms with van der Waals surface area (Å²) in [5, 5.41) is 2.93. The molecule has 0 bridgehead atoms. The molecule has 1 saturated heterocycles. The normalized spacial score (nSPS) is 14.9. The lowest BCUT2D eigenvalue weighted by atomic mass is 10.2. The third-order valence-electron chi connectivity index (χ3n) is 2.37. The predicted molar refractivity (Wildman–Crippen MR) is 68.5 cm³/mol. The monoisotopic (exact) mass is 288 g/mol. The van der Waals surface area contributed by atoms with Gasteiger partial charge >= 0.3 is 6.03 Å². The highest BCUT2D eigenvalue weighted by Gasteiger charge is 2.30. The summed E-state index contributed by atoms with van der Waals surface area (Å²) in [6, 6.07) is 2.46. The summed E-state index contributed by atoms with van der Waals surface area (Å²) in [5.41, 5.74) is 0.327. The Bertz CT molecular complexity index is 480. The van der Waals surface area contributed by atoms with Crippen molar-refractivity contribution in [3.63, 3.8) is 0 Å². The van der Waals surface area contributed by atoms with Crippen LogP contribution in [0.3, 0.4) is 0 Å². The molecule has 2 rings (SSSR count). The molecule has 0 radical (unpaired) electrons. The van der Waals surface area contributed by atoms with Crippen molar-refractivity contribution in [1.82, 2.24) is 5.32 Å². The average molecular weight is 289 g/mol. The van der Waals surface area contributed by atoms with Gasteiger partial charge in [-0.2, -0.15) is 0 Å². The maximum absolute atomic E-state index is 11.5. The molecule has 5 nitrogen and oxygen atoms in total. The minimum Gasteiger partial charge on any atom is -0.491 e. The molecular weight excluding hydrogens is 279 g/mol. The molecule has 1 aliphatic rings. The highest BCUT2D eigenvalue weighted by Crippen LogP contribution is 2.37. The molecule has 0 unspecified atom stereocenters. The van der Waals surface area contributed by atoms with Gasteiger partial charge in [0.2, 0.25) is 0 Å². The lowest BCUT2D eigenvalue weighted by Crippen LogP contribution is -2.30. The van der Waals surface area contributed by atoms with Crippen molar-refractivity contribution >= 4 is 40.8 Å². The minimum absolute atomic E-state index is 0.0265. The van der Waals surface area contributed by atoms with Crippen LogP contribution < -0.4 is 15.0 Å². The number of amides is 3. The van der Waals surface area contributed by atoms with Crippen LogP contribution in [0.1, 0.15) is 6.92 Å². The number of halogens is 2. The molecule has 1 aromatic carbocycles. The van der Waals surface area contributed by atoms with Gasteiger partial charge in [0.15, 0.2) is 5.75 Å². The predicted octanol–water partition coefficient (Wildman–Crippen LogP) is 2.45. The summed E-state index contributed by atoms with van der Waals surface area (Å²) in [6.07, 6.45) is 0. The van der Waals surface area contributed by atoms with Crippen molar-refractivity contribution in [1.29, 1.82) is 0 Å².